The van der Waals surface area contributed by atoms with Crippen LogP contribution in [0, 0.1) is 12.3 Å². The molecule has 0 atom stereocenters. The Kier molecular flexibility index (Phi) is 2.65. The third-order valence-corrected chi connectivity index (χ3v) is 1.95. The number of nitrogens with one attached hydrogen (secondary N) is 1. The van der Waals surface area contributed by atoms with Crippen LogP contribution in [0.15, 0.2) is 36.9 Å². The third-order valence-electron chi connectivity index (χ3n) is 1.95. The summed E-state index contributed by atoms with van der Waals surface area (Å²) >= 11 is 0. The van der Waals surface area contributed by atoms with E-state index in [1.807, 2.05) is 24.3 Å². The molecule has 0 bridgehead atoms. The van der Waals surface area contributed by atoms with Crippen molar-refractivity contribution >= 4 is 5.69 Å². The van der Waals surface area contributed by atoms with Gasteiger partial charge in [0.2, 0.25) is 0 Å². The van der Waals surface area contributed by atoms with E-state index in [0.29, 0.717) is 6.54 Å². The van der Waals surface area contributed by atoms with Gasteiger partial charge >= 0.3 is 0 Å². The maximum atomic E-state index is 5.15. The fourth-order valence-corrected chi connectivity index (χ4v) is 1.23. The van der Waals surface area contributed by atoms with Gasteiger partial charge < -0.3 is 5.32 Å². The zero-order valence-electron chi connectivity index (χ0n) is 8.09. The van der Waals surface area contributed by atoms with Gasteiger partial charge in [0, 0.05) is 5.69 Å². The number of anilines is 1. The SMILES string of the molecule is C#CCNc1ccc(-n2cncn2)cc1. The summed E-state index contributed by atoms with van der Waals surface area (Å²) in [7, 11) is 0. The minimum atomic E-state index is 0.530. The number of benzene rings is 1. The molecule has 1 heterocycles. The number of nitrogens with zero attached hydrogens (tertiary/aromatic N) is 3. The van der Waals surface area contributed by atoms with Crippen LogP contribution < -0.4 is 5.32 Å². The van der Waals surface area contributed by atoms with Gasteiger partial charge in [0.05, 0.1) is 12.2 Å². The molecule has 0 aliphatic heterocycles. The monoisotopic (exact) mass is 198 g/mol. The molecule has 0 aliphatic rings. The van der Waals surface area contributed by atoms with Crippen LogP contribution in [0.3, 0.4) is 0 Å². The van der Waals surface area contributed by atoms with Gasteiger partial charge in [-0.15, -0.1) is 6.42 Å². The van der Waals surface area contributed by atoms with Crippen LogP contribution >= 0.6 is 0 Å². The van der Waals surface area contributed by atoms with E-state index < -0.39 is 0 Å². The van der Waals surface area contributed by atoms with E-state index in [9.17, 15) is 0 Å². The third kappa shape index (κ3) is 2.15. The molecule has 1 N–H and O–H groups in total. The highest BCUT2D eigenvalue weighted by atomic mass is 15.3. The normalized spacial score (nSPS) is 9.53. The molecule has 0 saturated carbocycles. The summed E-state index contributed by atoms with van der Waals surface area (Å²) in [5.74, 6) is 2.52. The lowest BCUT2D eigenvalue weighted by Gasteiger charge is -2.04. The molecule has 1 aromatic carbocycles. The minimum absolute atomic E-state index is 0.530. The zero-order chi connectivity index (χ0) is 10.5. The van der Waals surface area contributed by atoms with E-state index >= 15 is 0 Å². The summed E-state index contributed by atoms with van der Waals surface area (Å²) in [5, 5.41) is 7.12. The first-order valence-corrected chi connectivity index (χ1v) is 4.52. The van der Waals surface area contributed by atoms with Crippen LogP contribution in [0.1, 0.15) is 0 Å². The summed E-state index contributed by atoms with van der Waals surface area (Å²) in [6.45, 7) is 0.530. The quantitative estimate of drug-likeness (QED) is 0.756. The molecule has 0 spiro atoms. The first-order valence-electron chi connectivity index (χ1n) is 4.52. The lowest BCUT2D eigenvalue weighted by molar-refractivity contribution is 0.879. The van der Waals surface area contributed by atoms with Gasteiger partial charge in [-0.05, 0) is 24.3 Å². The molecule has 2 aromatic rings. The van der Waals surface area contributed by atoms with E-state index in [0.717, 1.165) is 11.4 Å². The molecule has 1 aromatic heterocycles. The zero-order valence-corrected chi connectivity index (χ0v) is 8.09. The van der Waals surface area contributed by atoms with Gasteiger partial charge in [-0.25, -0.2) is 9.67 Å². The maximum Gasteiger partial charge on any atom is 0.138 e. The lowest BCUT2D eigenvalue weighted by atomic mass is 10.3. The molecule has 0 radical (unpaired) electrons. The highest BCUT2D eigenvalue weighted by Gasteiger charge is 1.96. The number of hydrogen-bond acceptors (Lipinski definition) is 3. The summed E-state index contributed by atoms with van der Waals surface area (Å²) in [5.41, 5.74) is 1.97. The van der Waals surface area contributed by atoms with Gasteiger partial charge in [0.15, 0.2) is 0 Å². The Morgan fingerprint density at radius 2 is 2.13 bits per heavy atom. The molecule has 4 heteroatoms. The average molecular weight is 198 g/mol. The van der Waals surface area contributed by atoms with E-state index in [1.165, 1.54) is 6.33 Å². The van der Waals surface area contributed by atoms with Gasteiger partial charge in [-0.1, -0.05) is 5.92 Å². The van der Waals surface area contributed by atoms with Crippen LogP contribution in [0.4, 0.5) is 5.69 Å². The molecule has 0 amide bonds. The van der Waals surface area contributed by atoms with E-state index in [-0.39, 0.29) is 0 Å². The van der Waals surface area contributed by atoms with Crippen molar-refractivity contribution in [3.63, 3.8) is 0 Å². The molecular formula is C11H10N4. The van der Waals surface area contributed by atoms with Crippen LogP contribution in [0.2, 0.25) is 0 Å². The number of terminal acetylenes is 1. The van der Waals surface area contributed by atoms with Gasteiger partial charge in [-0.3, -0.25) is 0 Å². The Hall–Kier alpha value is -2.28. The predicted octanol–water partition coefficient (Wildman–Crippen LogP) is 1.31. The van der Waals surface area contributed by atoms with Crippen molar-refractivity contribution in [2.75, 3.05) is 11.9 Å². The first-order chi connectivity index (χ1) is 7.40. The second-order valence-electron chi connectivity index (χ2n) is 2.94. The van der Waals surface area contributed by atoms with Crippen LogP contribution in [0.5, 0.6) is 0 Å². The van der Waals surface area contributed by atoms with Crippen LogP contribution in [-0.2, 0) is 0 Å². The van der Waals surface area contributed by atoms with Crippen molar-refractivity contribution < 1.29 is 0 Å². The Balaban J connectivity index is 2.15. The van der Waals surface area contributed by atoms with Gasteiger partial charge in [-0.2, -0.15) is 5.10 Å². The minimum Gasteiger partial charge on any atom is -0.374 e. The summed E-state index contributed by atoms with van der Waals surface area (Å²) in [6, 6.07) is 7.81. The number of rotatable bonds is 3. The highest BCUT2D eigenvalue weighted by Crippen LogP contribution is 2.11. The van der Waals surface area contributed by atoms with Crippen LogP contribution in [0.25, 0.3) is 5.69 Å². The second-order valence-corrected chi connectivity index (χ2v) is 2.94. The topological polar surface area (TPSA) is 42.7 Å². The molecule has 15 heavy (non-hydrogen) atoms. The molecule has 0 aliphatic carbocycles. The molecule has 4 nitrogen and oxygen atoms in total. The standard InChI is InChI=1S/C11H10N4/c1-2-7-13-10-3-5-11(6-4-10)15-9-12-8-14-15/h1,3-6,8-9,13H,7H2. The smallest absolute Gasteiger partial charge is 0.138 e. The van der Waals surface area contributed by atoms with Crippen molar-refractivity contribution in [3.8, 4) is 18.0 Å². The lowest BCUT2D eigenvalue weighted by Crippen LogP contribution is -1.99. The largest absolute Gasteiger partial charge is 0.374 e. The summed E-state index contributed by atoms with van der Waals surface area (Å²) in [4.78, 5) is 3.88. The van der Waals surface area contributed by atoms with Gasteiger partial charge in [0.1, 0.15) is 12.7 Å². The molecular weight excluding hydrogens is 188 g/mol. The van der Waals surface area contributed by atoms with Crippen LogP contribution in [-0.4, -0.2) is 21.3 Å². The Morgan fingerprint density at radius 3 is 2.73 bits per heavy atom. The maximum absolute atomic E-state index is 5.15. The number of hydrogen-bond donors (Lipinski definition) is 1. The molecule has 74 valence electrons. The van der Waals surface area contributed by atoms with Crippen molar-refractivity contribution in [1.29, 1.82) is 0 Å². The Bertz CT molecular complexity index is 450. The molecule has 0 saturated heterocycles. The van der Waals surface area contributed by atoms with Crippen molar-refractivity contribution in [1.82, 2.24) is 14.8 Å². The van der Waals surface area contributed by atoms with Crippen molar-refractivity contribution in [3.05, 3.63) is 36.9 Å². The Labute approximate surface area is 88.0 Å². The fourth-order valence-electron chi connectivity index (χ4n) is 1.23. The number of aromatic nitrogens is 3. The Morgan fingerprint density at radius 1 is 1.33 bits per heavy atom. The van der Waals surface area contributed by atoms with E-state index in [1.54, 1.807) is 11.0 Å². The average Bonchev–Trinajstić information content (AvgIpc) is 2.80. The summed E-state index contributed by atoms with van der Waals surface area (Å²) in [6.07, 6.45) is 8.31. The summed E-state index contributed by atoms with van der Waals surface area (Å²) < 4.78 is 1.70. The predicted molar refractivity (Wildman–Crippen MR) is 58.7 cm³/mol. The second kappa shape index (κ2) is 4.29. The fraction of sp³-hybridized carbons (Fsp3) is 0.0909. The van der Waals surface area contributed by atoms with E-state index in [2.05, 4.69) is 21.3 Å². The molecule has 2 rings (SSSR count). The van der Waals surface area contributed by atoms with Crippen molar-refractivity contribution in [2.24, 2.45) is 0 Å². The molecule has 0 fully saturated rings. The van der Waals surface area contributed by atoms with Crippen molar-refractivity contribution in [2.45, 2.75) is 0 Å². The van der Waals surface area contributed by atoms with Gasteiger partial charge in [0.25, 0.3) is 0 Å². The first kappa shape index (κ1) is 9.28. The van der Waals surface area contributed by atoms with E-state index in [4.69, 9.17) is 6.42 Å². The molecule has 0 unspecified atom stereocenters. The highest BCUT2D eigenvalue weighted by molar-refractivity contribution is 5.48.